The fourth-order valence-electron chi connectivity index (χ4n) is 1.05. The molecule has 0 amide bonds. The molecule has 1 aromatic heterocycles. The predicted molar refractivity (Wildman–Crippen MR) is 52.6 cm³/mol. The zero-order chi connectivity index (χ0) is 8.10. The lowest BCUT2D eigenvalue weighted by atomic mass is 10.3. The lowest BCUT2D eigenvalue weighted by Gasteiger charge is -1.89. The molecule has 12 heavy (non-hydrogen) atoms. The van der Waals surface area contributed by atoms with E-state index in [-0.39, 0.29) is 12.4 Å². The van der Waals surface area contributed by atoms with Gasteiger partial charge in [0.25, 0.3) is 0 Å². The Balaban J connectivity index is 0.00000121. The van der Waals surface area contributed by atoms with Gasteiger partial charge < -0.3 is 10.7 Å². The average Bonchev–Trinajstić information content (AvgIpc) is 2.38. The highest BCUT2D eigenvalue weighted by Gasteiger charge is 1.97. The monoisotopic (exact) mass is 189 g/mol. The van der Waals surface area contributed by atoms with Gasteiger partial charge >= 0.3 is 0 Å². The lowest BCUT2D eigenvalue weighted by Crippen LogP contribution is -2.02. The molecule has 1 aromatic rings. The van der Waals surface area contributed by atoms with E-state index in [4.69, 9.17) is 5.73 Å². The van der Waals surface area contributed by atoms with Gasteiger partial charge in [0.15, 0.2) is 0 Å². The molecule has 0 atom stereocenters. The van der Waals surface area contributed by atoms with Gasteiger partial charge in [0.05, 0.1) is 5.69 Å². The average molecular weight is 190 g/mol. The third-order valence-corrected chi connectivity index (χ3v) is 1.57. The number of rotatable bonds is 4. The minimum Gasteiger partial charge on any atom is -0.348 e. The highest BCUT2D eigenvalue weighted by Crippen LogP contribution is 1.99. The largest absolute Gasteiger partial charge is 0.348 e. The molecule has 70 valence electrons. The number of H-pyrrole nitrogens is 1. The topological polar surface area (TPSA) is 54.7 Å². The number of hydrogen-bond donors (Lipinski definition) is 2. The summed E-state index contributed by atoms with van der Waals surface area (Å²) in [5, 5.41) is 0. The van der Waals surface area contributed by atoms with E-state index in [2.05, 4.69) is 16.9 Å². The first-order chi connectivity index (χ1) is 5.36. The van der Waals surface area contributed by atoms with Gasteiger partial charge in [-0.05, 0) is 13.0 Å². The van der Waals surface area contributed by atoms with Crippen LogP contribution in [0, 0.1) is 0 Å². The molecule has 0 aliphatic heterocycles. The standard InChI is InChI=1S/C8H15N3.ClH/c1-2-3-8-10-6-7(11-8)4-5-9;/h6H,2-5,9H2,1H3,(H,10,11);1H. The molecule has 0 unspecified atom stereocenters. The van der Waals surface area contributed by atoms with Gasteiger partial charge in [-0.3, -0.25) is 0 Å². The van der Waals surface area contributed by atoms with Crippen molar-refractivity contribution in [2.45, 2.75) is 26.2 Å². The van der Waals surface area contributed by atoms with E-state index in [9.17, 15) is 0 Å². The molecule has 1 rings (SSSR count). The van der Waals surface area contributed by atoms with Crippen LogP contribution in [0.15, 0.2) is 6.20 Å². The Morgan fingerprint density at radius 3 is 2.83 bits per heavy atom. The number of imidazole rings is 1. The molecular formula is C8H16ClN3. The van der Waals surface area contributed by atoms with Crippen LogP contribution in [0.4, 0.5) is 0 Å². The van der Waals surface area contributed by atoms with E-state index in [1.165, 1.54) is 0 Å². The number of aromatic nitrogens is 2. The van der Waals surface area contributed by atoms with Crippen LogP contribution in [0.1, 0.15) is 24.9 Å². The van der Waals surface area contributed by atoms with Gasteiger partial charge in [0.2, 0.25) is 0 Å². The number of aromatic amines is 1. The van der Waals surface area contributed by atoms with Crippen LogP contribution in [0.5, 0.6) is 0 Å². The maximum absolute atomic E-state index is 5.39. The molecule has 4 heteroatoms. The molecule has 0 spiro atoms. The summed E-state index contributed by atoms with van der Waals surface area (Å²) >= 11 is 0. The van der Waals surface area contributed by atoms with Gasteiger partial charge in [0.1, 0.15) is 5.82 Å². The molecule has 0 aliphatic rings. The second kappa shape index (κ2) is 6.03. The Morgan fingerprint density at radius 2 is 2.25 bits per heavy atom. The van der Waals surface area contributed by atoms with E-state index < -0.39 is 0 Å². The summed E-state index contributed by atoms with van der Waals surface area (Å²) < 4.78 is 0. The van der Waals surface area contributed by atoms with Crippen LogP contribution >= 0.6 is 12.4 Å². The van der Waals surface area contributed by atoms with Gasteiger partial charge in [-0.15, -0.1) is 12.4 Å². The SMILES string of the molecule is CCCc1nc(CCN)c[nH]1.Cl. The molecule has 0 radical (unpaired) electrons. The van der Waals surface area contributed by atoms with Gasteiger partial charge in [0, 0.05) is 19.0 Å². The van der Waals surface area contributed by atoms with Crippen LogP contribution < -0.4 is 5.73 Å². The fraction of sp³-hybridized carbons (Fsp3) is 0.625. The highest BCUT2D eigenvalue weighted by molar-refractivity contribution is 5.85. The zero-order valence-corrected chi connectivity index (χ0v) is 8.16. The molecule has 0 saturated carbocycles. The van der Waals surface area contributed by atoms with E-state index in [1.807, 2.05) is 6.20 Å². The van der Waals surface area contributed by atoms with Crippen molar-refractivity contribution in [1.82, 2.24) is 9.97 Å². The predicted octanol–water partition coefficient (Wildman–Crippen LogP) is 1.29. The second-order valence-electron chi connectivity index (χ2n) is 2.63. The smallest absolute Gasteiger partial charge is 0.106 e. The first-order valence-corrected chi connectivity index (χ1v) is 4.10. The van der Waals surface area contributed by atoms with Crippen LogP contribution in [-0.2, 0) is 12.8 Å². The Labute approximate surface area is 79.2 Å². The molecular weight excluding hydrogens is 174 g/mol. The summed E-state index contributed by atoms with van der Waals surface area (Å²) in [5.74, 6) is 1.08. The summed E-state index contributed by atoms with van der Waals surface area (Å²) in [6, 6.07) is 0. The summed E-state index contributed by atoms with van der Waals surface area (Å²) in [4.78, 5) is 7.48. The van der Waals surface area contributed by atoms with Crippen LogP contribution in [0.3, 0.4) is 0 Å². The van der Waals surface area contributed by atoms with Gasteiger partial charge in [-0.1, -0.05) is 6.92 Å². The number of aryl methyl sites for hydroxylation is 1. The molecule has 0 bridgehead atoms. The molecule has 0 aliphatic carbocycles. The zero-order valence-electron chi connectivity index (χ0n) is 7.34. The molecule has 0 saturated heterocycles. The Hall–Kier alpha value is -0.540. The molecule has 1 heterocycles. The van der Waals surface area contributed by atoms with Crippen LogP contribution in [-0.4, -0.2) is 16.5 Å². The minimum atomic E-state index is 0. The maximum atomic E-state index is 5.39. The first kappa shape index (κ1) is 11.5. The molecule has 3 nitrogen and oxygen atoms in total. The quantitative estimate of drug-likeness (QED) is 0.750. The van der Waals surface area contributed by atoms with Crippen LogP contribution in [0.25, 0.3) is 0 Å². The number of hydrogen-bond acceptors (Lipinski definition) is 2. The number of nitrogens with two attached hydrogens (primary N) is 1. The third kappa shape index (κ3) is 3.24. The lowest BCUT2D eigenvalue weighted by molar-refractivity contribution is 0.844. The van der Waals surface area contributed by atoms with Crippen molar-refractivity contribution in [3.8, 4) is 0 Å². The first-order valence-electron chi connectivity index (χ1n) is 4.10. The Bertz CT molecular complexity index is 189. The van der Waals surface area contributed by atoms with Crippen molar-refractivity contribution in [2.24, 2.45) is 5.73 Å². The number of halogens is 1. The van der Waals surface area contributed by atoms with E-state index in [0.29, 0.717) is 6.54 Å². The summed E-state index contributed by atoms with van der Waals surface area (Å²) in [7, 11) is 0. The van der Waals surface area contributed by atoms with Gasteiger partial charge in [-0.25, -0.2) is 4.98 Å². The molecule has 0 aromatic carbocycles. The van der Waals surface area contributed by atoms with Crippen molar-refractivity contribution in [2.75, 3.05) is 6.54 Å². The third-order valence-electron chi connectivity index (χ3n) is 1.57. The normalized spacial score (nSPS) is 9.50. The maximum Gasteiger partial charge on any atom is 0.106 e. The Morgan fingerprint density at radius 1 is 1.50 bits per heavy atom. The van der Waals surface area contributed by atoms with Crippen molar-refractivity contribution < 1.29 is 0 Å². The summed E-state index contributed by atoms with van der Waals surface area (Å²) in [6.45, 7) is 2.82. The second-order valence-corrected chi connectivity index (χ2v) is 2.63. The van der Waals surface area contributed by atoms with E-state index in [0.717, 1.165) is 30.8 Å². The molecule has 3 N–H and O–H groups in total. The molecule has 0 fully saturated rings. The van der Waals surface area contributed by atoms with E-state index in [1.54, 1.807) is 0 Å². The number of nitrogens with one attached hydrogen (secondary N) is 1. The van der Waals surface area contributed by atoms with Gasteiger partial charge in [-0.2, -0.15) is 0 Å². The Kier molecular flexibility index (Phi) is 5.76. The van der Waals surface area contributed by atoms with Crippen LogP contribution in [0.2, 0.25) is 0 Å². The number of nitrogens with zero attached hydrogens (tertiary/aromatic N) is 1. The summed E-state index contributed by atoms with van der Waals surface area (Å²) in [5.41, 5.74) is 6.47. The van der Waals surface area contributed by atoms with E-state index >= 15 is 0 Å². The van der Waals surface area contributed by atoms with Crippen molar-refractivity contribution in [3.63, 3.8) is 0 Å². The van der Waals surface area contributed by atoms with Crippen molar-refractivity contribution >= 4 is 12.4 Å². The minimum absolute atomic E-state index is 0. The highest BCUT2D eigenvalue weighted by atomic mass is 35.5. The fourth-order valence-corrected chi connectivity index (χ4v) is 1.05. The van der Waals surface area contributed by atoms with Crippen molar-refractivity contribution in [3.05, 3.63) is 17.7 Å². The van der Waals surface area contributed by atoms with Crippen molar-refractivity contribution in [1.29, 1.82) is 0 Å². The summed E-state index contributed by atoms with van der Waals surface area (Å²) in [6.07, 6.45) is 4.98.